The summed E-state index contributed by atoms with van der Waals surface area (Å²) in [6, 6.07) is 10.9. The Morgan fingerprint density at radius 2 is 1.92 bits per heavy atom. The fraction of sp³-hybridized carbons (Fsp3) is 0.167. The molecule has 3 rings (SSSR count). The van der Waals surface area contributed by atoms with E-state index in [0.29, 0.717) is 11.3 Å². The number of aryl methyl sites for hydroxylation is 2. The van der Waals surface area contributed by atoms with E-state index in [0.717, 1.165) is 22.0 Å². The highest BCUT2D eigenvalue weighted by Crippen LogP contribution is 2.16. The minimum Gasteiger partial charge on any atom is -0.343 e. The van der Waals surface area contributed by atoms with E-state index in [1.54, 1.807) is 18.3 Å². The molecule has 6 nitrogen and oxygen atoms in total. The van der Waals surface area contributed by atoms with Gasteiger partial charge in [0.05, 0.1) is 18.3 Å². The molecule has 1 aromatic heterocycles. The van der Waals surface area contributed by atoms with Crippen molar-refractivity contribution in [2.75, 3.05) is 11.9 Å². The Bertz CT molecular complexity index is 914. The van der Waals surface area contributed by atoms with Gasteiger partial charge in [-0.2, -0.15) is 5.10 Å². The first kappa shape index (κ1) is 15.7. The summed E-state index contributed by atoms with van der Waals surface area (Å²) < 4.78 is 0. The Kier molecular flexibility index (Phi) is 4.29. The number of aromatic amines is 1. The van der Waals surface area contributed by atoms with Gasteiger partial charge in [0.15, 0.2) is 0 Å². The quantitative estimate of drug-likeness (QED) is 0.690. The molecule has 0 aliphatic carbocycles. The van der Waals surface area contributed by atoms with Gasteiger partial charge in [0.1, 0.15) is 0 Å². The largest absolute Gasteiger partial charge is 0.343 e. The maximum absolute atomic E-state index is 12.1. The van der Waals surface area contributed by atoms with Crippen LogP contribution in [-0.2, 0) is 4.79 Å². The molecule has 3 aromatic rings. The SMILES string of the molecule is Cc1ccc(C(=O)NCC(=O)Nc2ccc3[nH]ncc3c2)cc1C. The lowest BCUT2D eigenvalue weighted by atomic mass is 10.1. The van der Waals surface area contributed by atoms with E-state index < -0.39 is 0 Å². The average molecular weight is 322 g/mol. The van der Waals surface area contributed by atoms with Gasteiger partial charge < -0.3 is 10.6 Å². The van der Waals surface area contributed by atoms with Crippen LogP contribution in [0.25, 0.3) is 10.9 Å². The molecular formula is C18H18N4O2. The molecule has 6 heteroatoms. The first-order valence-corrected chi connectivity index (χ1v) is 7.61. The highest BCUT2D eigenvalue weighted by Gasteiger charge is 2.09. The second kappa shape index (κ2) is 6.54. The maximum Gasteiger partial charge on any atom is 0.251 e. The van der Waals surface area contributed by atoms with Crippen LogP contribution in [0.15, 0.2) is 42.6 Å². The van der Waals surface area contributed by atoms with E-state index in [1.165, 1.54) is 0 Å². The molecule has 0 radical (unpaired) electrons. The summed E-state index contributed by atoms with van der Waals surface area (Å²) in [5.74, 6) is -0.548. The van der Waals surface area contributed by atoms with Crippen molar-refractivity contribution in [3.63, 3.8) is 0 Å². The van der Waals surface area contributed by atoms with E-state index in [-0.39, 0.29) is 18.4 Å². The minimum absolute atomic E-state index is 0.0881. The minimum atomic E-state index is -0.282. The predicted molar refractivity (Wildman–Crippen MR) is 93.0 cm³/mol. The molecule has 0 bridgehead atoms. The van der Waals surface area contributed by atoms with Gasteiger partial charge >= 0.3 is 0 Å². The number of hydrogen-bond acceptors (Lipinski definition) is 3. The van der Waals surface area contributed by atoms with Crippen LogP contribution in [0.4, 0.5) is 5.69 Å². The van der Waals surface area contributed by atoms with Crippen LogP contribution in [0, 0.1) is 13.8 Å². The zero-order valence-corrected chi connectivity index (χ0v) is 13.5. The summed E-state index contributed by atoms with van der Waals surface area (Å²) in [5, 5.41) is 13.1. The number of carbonyl (C=O) groups excluding carboxylic acids is 2. The standard InChI is InChI=1S/C18H18N4O2/c1-11-3-4-13(7-12(11)2)18(24)19-10-17(23)21-15-5-6-16-14(8-15)9-20-22-16/h3-9H,10H2,1-2H3,(H,19,24)(H,20,22)(H,21,23). The Morgan fingerprint density at radius 1 is 1.08 bits per heavy atom. The van der Waals surface area contributed by atoms with Crippen molar-refractivity contribution in [1.82, 2.24) is 15.5 Å². The molecular weight excluding hydrogens is 304 g/mol. The van der Waals surface area contributed by atoms with Gasteiger partial charge in [0, 0.05) is 16.6 Å². The number of nitrogens with one attached hydrogen (secondary N) is 3. The Balaban J connectivity index is 1.58. The van der Waals surface area contributed by atoms with Crippen LogP contribution in [0.1, 0.15) is 21.5 Å². The highest BCUT2D eigenvalue weighted by molar-refractivity contribution is 6.00. The number of aromatic nitrogens is 2. The molecule has 2 amide bonds. The van der Waals surface area contributed by atoms with Gasteiger partial charge in [0.25, 0.3) is 5.91 Å². The number of H-pyrrole nitrogens is 1. The summed E-state index contributed by atoms with van der Waals surface area (Å²) in [6.07, 6.45) is 1.69. The summed E-state index contributed by atoms with van der Waals surface area (Å²) in [6.45, 7) is 3.85. The van der Waals surface area contributed by atoms with Gasteiger partial charge in [-0.3, -0.25) is 14.7 Å². The van der Waals surface area contributed by atoms with Gasteiger partial charge in [0.2, 0.25) is 5.91 Å². The third kappa shape index (κ3) is 3.43. The normalized spacial score (nSPS) is 10.6. The topological polar surface area (TPSA) is 86.9 Å². The Hall–Kier alpha value is -3.15. The molecule has 2 aromatic carbocycles. The third-order valence-corrected chi connectivity index (χ3v) is 3.90. The van der Waals surface area contributed by atoms with Crippen molar-refractivity contribution in [2.24, 2.45) is 0 Å². The molecule has 0 aliphatic rings. The van der Waals surface area contributed by atoms with Crippen LogP contribution >= 0.6 is 0 Å². The molecule has 0 spiro atoms. The lowest BCUT2D eigenvalue weighted by Crippen LogP contribution is -2.32. The lowest BCUT2D eigenvalue weighted by molar-refractivity contribution is -0.115. The Labute approximate surface area is 139 Å². The monoisotopic (exact) mass is 322 g/mol. The molecule has 0 atom stereocenters. The van der Waals surface area contributed by atoms with Gasteiger partial charge in [-0.1, -0.05) is 6.07 Å². The maximum atomic E-state index is 12.1. The fourth-order valence-electron chi connectivity index (χ4n) is 2.37. The molecule has 1 heterocycles. The number of nitrogens with zero attached hydrogens (tertiary/aromatic N) is 1. The van der Waals surface area contributed by atoms with Crippen LogP contribution in [-0.4, -0.2) is 28.6 Å². The molecule has 24 heavy (non-hydrogen) atoms. The Morgan fingerprint density at radius 3 is 2.71 bits per heavy atom. The molecule has 0 aliphatic heterocycles. The van der Waals surface area contributed by atoms with E-state index in [4.69, 9.17) is 0 Å². The van der Waals surface area contributed by atoms with E-state index >= 15 is 0 Å². The first-order valence-electron chi connectivity index (χ1n) is 7.61. The van der Waals surface area contributed by atoms with Crippen molar-refractivity contribution < 1.29 is 9.59 Å². The van der Waals surface area contributed by atoms with Crippen molar-refractivity contribution >= 4 is 28.4 Å². The number of fused-ring (bicyclic) bond motifs is 1. The molecule has 0 unspecified atom stereocenters. The lowest BCUT2D eigenvalue weighted by Gasteiger charge is -2.08. The third-order valence-electron chi connectivity index (χ3n) is 3.90. The number of carbonyl (C=O) groups is 2. The first-order chi connectivity index (χ1) is 11.5. The van der Waals surface area contributed by atoms with E-state index in [9.17, 15) is 9.59 Å². The highest BCUT2D eigenvalue weighted by atomic mass is 16.2. The smallest absolute Gasteiger partial charge is 0.251 e. The summed E-state index contributed by atoms with van der Waals surface area (Å²) in [5.41, 5.74) is 4.27. The van der Waals surface area contributed by atoms with Crippen molar-refractivity contribution in [3.8, 4) is 0 Å². The number of anilines is 1. The zero-order chi connectivity index (χ0) is 17.1. The summed E-state index contributed by atoms with van der Waals surface area (Å²) >= 11 is 0. The molecule has 0 saturated carbocycles. The zero-order valence-electron chi connectivity index (χ0n) is 13.5. The molecule has 122 valence electrons. The van der Waals surface area contributed by atoms with Crippen LogP contribution in [0.5, 0.6) is 0 Å². The van der Waals surface area contributed by atoms with Crippen LogP contribution < -0.4 is 10.6 Å². The number of benzene rings is 2. The second-order valence-electron chi connectivity index (χ2n) is 5.70. The van der Waals surface area contributed by atoms with Crippen LogP contribution in [0.2, 0.25) is 0 Å². The van der Waals surface area contributed by atoms with Crippen molar-refractivity contribution in [3.05, 3.63) is 59.3 Å². The van der Waals surface area contributed by atoms with E-state index in [1.807, 2.05) is 38.1 Å². The fourth-order valence-corrected chi connectivity index (χ4v) is 2.37. The van der Waals surface area contributed by atoms with Gasteiger partial charge in [-0.05, 0) is 55.3 Å². The van der Waals surface area contributed by atoms with Gasteiger partial charge in [-0.15, -0.1) is 0 Å². The molecule has 0 fully saturated rings. The second-order valence-corrected chi connectivity index (χ2v) is 5.70. The number of amides is 2. The van der Waals surface area contributed by atoms with Crippen LogP contribution in [0.3, 0.4) is 0 Å². The van der Waals surface area contributed by atoms with Gasteiger partial charge in [-0.25, -0.2) is 0 Å². The van der Waals surface area contributed by atoms with E-state index in [2.05, 4.69) is 20.8 Å². The molecule has 0 saturated heterocycles. The molecule has 3 N–H and O–H groups in total. The van der Waals surface area contributed by atoms with Crippen molar-refractivity contribution in [1.29, 1.82) is 0 Å². The number of hydrogen-bond donors (Lipinski definition) is 3. The summed E-state index contributed by atoms with van der Waals surface area (Å²) in [7, 11) is 0. The number of rotatable bonds is 4. The predicted octanol–water partition coefficient (Wildman–Crippen LogP) is 2.55. The summed E-state index contributed by atoms with van der Waals surface area (Å²) in [4.78, 5) is 24.1. The van der Waals surface area contributed by atoms with Crippen molar-refractivity contribution in [2.45, 2.75) is 13.8 Å². The average Bonchev–Trinajstić information content (AvgIpc) is 3.03.